The van der Waals surface area contributed by atoms with E-state index in [4.69, 9.17) is 0 Å². The van der Waals surface area contributed by atoms with E-state index < -0.39 is 0 Å². The molecule has 2 aromatic heterocycles. The summed E-state index contributed by atoms with van der Waals surface area (Å²) in [6, 6.07) is 12.8. The van der Waals surface area contributed by atoms with Gasteiger partial charge in [-0.25, -0.2) is 14.5 Å². The predicted molar refractivity (Wildman–Crippen MR) is 97.2 cm³/mol. The first kappa shape index (κ1) is 15.3. The molecule has 4 rings (SSSR count). The van der Waals surface area contributed by atoms with Crippen molar-refractivity contribution in [2.75, 3.05) is 0 Å². The maximum atomic E-state index is 12.3. The molecule has 0 aliphatic rings. The van der Waals surface area contributed by atoms with Crippen LogP contribution in [0.4, 0.5) is 0 Å². The van der Waals surface area contributed by atoms with E-state index in [0.717, 1.165) is 16.5 Å². The second-order valence-corrected chi connectivity index (χ2v) is 6.34. The molecular weight excluding hydrogens is 316 g/mol. The summed E-state index contributed by atoms with van der Waals surface area (Å²) in [5.74, 6) is 0.786. The van der Waals surface area contributed by atoms with Gasteiger partial charge in [-0.2, -0.15) is 5.10 Å². The number of fused-ring (bicyclic) bond motifs is 1. The molecule has 0 saturated heterocycles. The average molecular weight is 334 g/mol. The minimum absolute atomic E-state index is 0.0702. The molecule has 2 heterocycles. The van der Waals surface area contributed by atoms with Crippen LogP contribution in [0.1, 0.15) is 25.3 Å². The van der Waals surface area contributed by atoms with Crippen molar-refractivity contribution in [2.24, 2.45) is 0 Å². The first-order valence-corrected chi connectivity index (χ1v) is 8.13. The van der Waals surface area contributed by atoms with Crippen LogP contribution in [0.25, 0.3) is 28.0 Å². The van der Waals surface area contributed by atoms with Crippen molar-refractivity contribution in [2.45, 2.75) is 19.8 Å². The fourth-order valence-corrected chi connectivity index (χ4v) is 3.13. The topological polar surface area (TPSA) is 86.7 Å². The number of nitrogens with zero attached hydrogens (tertiary/aromatic N) is 2. The number of rotatable bonds is 3. The highest BCUT2D eigenvalue weighted by atomic mass is 16.3. The third-order valence-electron chi connectivity index (χ3n) is 4.38. The Morgan fingerprint density at radius 1 is 1.16 bits per heavy atom. The van der Waals surface area contributed by atoms with Crippen molar-refractivity contribution in [3.8, 4) is 22.8 Å². The summed E-state index contributed by atoms with van der Waals surface area (Å²) in [7, 11) is 0. The Morgan fingerprint density at radius 3 is 2.64 bits per heavy atom. The van der Waals surface area contributed by atoms with E-state index in [1.165, 1.54) is 4.57 Å². The van der Waals surface area contributed by atoms with Gasteiger partial charge in [0.25, 0.3) is 0 Å². The maximum absolute atomic E-state index is 12.3. The van der Waals surface area contributed by atoms with E-state index in [-0.39, 0.29) is 11.4 Å². The van der Waals surface area contributed by atoms with E-state index in [9.17, 15) is 9.90 Å². The molecule has 0 bridgehead atoms. The molecule has 6 nitrogen and oxygen atoms in total. The van der Waals surface area contributed by atoms with E-state index in [2.05, 4.69) is 29.0 Å². The second kappa shape index (κ2) is 5.66. The van der Waals surface area contributed by atoms with Crippen LogP contribution < -0.4 is 5.69 Å². The molecule has 4 aromatic rings. The van der Waals surface area contributed by atoms with Gasteiger partial charge in [0.05, 0.1) is 11.3 Å². The lowest BCUT2D eigenvalue weighted by atomic mass is 10.0. The fourth-order valence-electron chi connectivity index (χ4n) is 3.13. The number of aromatic hydroxyl groups is 1. The zero-order valence-corrected chi connectivity index (χ0v) is 13.9. The summed E-state index contributed by atoms with van der Waals surface area (Å²) in [4.78, 5) is 15.5. The highest BCUT2D eigenvalue weighted by molar-refractivity contribution is 5.90. The standard InChI is InChI=1S/C19H18N4O2/c1-11(2)15-10-20-16-9-17(24)14(8-13(15)16)18-21-22-19(25)23(18)12-6-4-3-5-7-12/h3-11,20,24H,1-2H3,(H,22,25). The van der Waals surface area contributed by atoms with Gasteiger partial charge < -0.3 is 10.1 Å². The van der Waals surface area contributed by atoms with E-state index in [0.29, 0.717) is 23.0 Å². The fraction of sp³-hybridized carbons (Fsp3) is 0.158. The Morgan fingerprint density at radius 2 is 1.92 bits per heavy atom. The Bertz CT molecular complexity index is 1100. The number of phenolic OH excluding ortho intramolecular Hbond substituents is 1. The lowest BCUT2D eigenvalue weighted by molar-refractivity contribution is 0.477. The SMILES string of the molecule is CC(C)c1c[nH]c2cc(O)c(-c3n[nH]c(=O)n3-c3ccccc3)cc12. The van der Waals surface area contributed by atoms with Gasteiger partial charge in [0.15, 0.2) is 5.82 Å². The summed E-state index contributed by atoms with van der Waals surface area (Å²) >= 11 is 0. The smallest absolute Gasteiger partial charge is 0.348 e. The van der Waals surface area contributed by atoms with E-state index in [1.807, 2.05) is 42.6 Å². The van der Waals surface area contributed by atoms with Crippen LogP contribution in [0.5, 0.6) is 5.75 Å². The van der Waals surface area contributed by atoms with E-state index >= 15 is 0 Å². The summed E-state index contributed by atoms with van der Waals surface area (Å²) in [6.45, 7) is 4.23. The van der Waals surface area contributed by atoms with Crippen LogP contribution in [0, 0.1) is 0 Å². The monoisotopic (exact) mass is 334 g/mol. The Hall–Kier alpha value is -3.28. The van der Waals surface area contributed by atoms with Gasteiger partial charge in [-0.05, 0) is 29.7 Å². The van der Waals surface area contributed by atoms with Crippen LogP contribution >= 0.6 is 0 Å². The average Bonchev–Trinajstić information content (AvgIpc) is 3.18. The van der Waals surface area contributed by atoms with Gasteiger partial charge in [0.2, 0.25) is 0 Å². The van der Waals surface area contributed by atoms with Gasteiger partial charge in [-0.3, -0.25) is 0 Å². The van der Waals surface area contributed by atoms with Crippen LogP contribution in [0.15, 0.2) is 53.5 Å². The zero-order chi connectivity index (χ0) is 17.6. The lowest BCUT2D eigenvalue weighted by Crippen LogP contribution is -2.15. The molecule has 3 N–H and O–H groups in total. The molecule has 126 valence electrons. The molecule has 0 radical (unpaired) electrons. The van der Waals surface area contributed by atoms with Crippen molar-refractivity contribution >= 4 is 10.9 Å². The quantitative estimate of drug-likeness (QED) is 0.535. The number of aromatic amines is 2. The van der Waals surface area contributed by atoms with Gasteiger partial charge in [0, 0.05) is 23.2 Å². The van der Waals surface area contributed by atoms with Gasteiger partial charge in [-0.1, -0.05) is 32.0 Å². The van der Waals surface area contributed by atoms with Crippen molar-refractivity contribution in [1.29, 1.82) is 0 Å². The van der Waals surface area contributed by atoms with Crippen molar-refractivity contribution in [1.82, 2.24) is 19.7 Å². The number of benzene rings is 2. The molecule has 0 unspecified atom stereocenters. The molecule has 0 aliphatic carbocycles. The van der Waals surface area contributed by atoms with Crippen molar-refractivity contribution in [3.05, 3.63) is 64.7 Å². The number of hydrogen-bond acceptors (Lipinski definition) is 3. The van der Waals surface area contributed by atoms with Crippen molar-refractivity contribution in [3.63, 3.8) is 0 Å². The predicted octanol–water partition coefficient (Wildman–Crippen LogP) is 3.54. The second-order valence-electron chi connectivity index (χ2n) is 6.34. The number of phenols is 1. The number of hydrogen-bond donors (Lipinski definition) is 3. The largest absolute Gasteiger partial charge is 0.507 e. The highest BCUT2D eigenvalue weighted by Gasteiger charge is 2.18. The van der Waals surface area contributed by atoms with Gasteiger partial charge in [-0.15, -0.1) is 0 Å². The number of aromatic nitrogens is 4. The van der Waals surface area contributed by atoms with Crippen molar-refractivity contribution < 1.29 is 5.11 Å². The Kier molecular flexibility index (Phi) is 3.46. The number of H-pyrrole nitrogens is 2. The van der Waals surface area contributed by atoms with Crippen LogP contribution in [-0.2, 0) is 0 Å². The first-order valence-electron chi connectivity index (χ1n) is 8.13. The summed E-state index contributed by atoms with van der Waals surface area (Å²) in [6.07, 6.45) is 1.95. The molecule has 25 heavy (non-hydrogen) atoms. The highest BCUT2D eigenvalue weighted by Crippen LogP contribution is 2.35. The molecule has 0 atom stereocenters. The van der Waals surface area contributed by atoms with E-state index in [1.54, 1.807) is 6.07 Å². The molecule has 0 aliphatic heterocycles. The van der Waals surface area contributed by atoms with Crippen LogP contribution in [0.2, 0.25) is 0 Å². The molecule has 0 spiro atoms. The lowest BCUT2D eigenvalue weighted by Gasteiger charge is -2.09. The van der Waals surface area contributed by atoms with Crippen LogP contribution in [-0.4, -0.2) is 24.9 Å². The minimum atomic E-state index is -0.348. The summed E-state index contributed by atoms with van der Waals surface area (Å²) < 4.78 is 1.46. The minimum Gasteiger partial charge on any atom is -0.507 e. The summed E-state index contributed by atoms with van der Waals surface area (Å²) in [5, 5.41) is 18.1. The molecule has 2 aromatic carbocycles. The molecular formula is C19H18N4O2. The van der Waals surface area contributed by atoms with Gasteiger partial charge >= 0.3 is 5.69 Å². The molecule has 0 fully saturated rings. The summed E-state index contributed by atoms with van der Waals surface area (Å²) in [5.41, 5.74) is 2.86. The molecule has 6 heteroatoms. The number of nitrogens with one attached hydrogen (secondary N) is 2. The normalized spacial score (nSPS) is 11.5. The number of para-hydroxylation sites is 1. The Balaban J connectivity index is 1.98. The Labute approximate surface area is 143 Å². The zero-order valence-electron chi connectivity index (χ0n) is 13.9. The maximum Gasteiger partial charge on any atom is 0.348 e. The van der Waals surface area contributed by atoms with Crippen LogP contribution in [0.3, 0.4) is 0 Å². The molecule has 0 amide bonds. The molecule has 0 saturated carbocycles. The van der Waals surface area contributed by atoms with Gasteiger partial charge in [0.1, 0.15) is 5.75 Å². The first-order chi connectivity index (χ1) is 12.1. The third kappa shape index (κ3) is 2.42. The third-order valence-corrected chi connectivity index (χ3v) is 4.38.